The van der Waals surface area contributed by atoms with Gasteiger partial charge in [-0.25, -0.2) is 4.98 Å². The number of rotatable bonds is 5. The number of aromatic nitrogens is 3. The molecule has 0 spiro atoms. The maximum atomic E-state index is 13.8. The second kappa shape index (κ2) is 8.15. The van der Waals surface area contributed by atoms with E-state index in [4.69, 9.17) is 0 Å². The molecule has 5 rings (SSSR count). The molecule has 1 amide bonds. The number of H-pyrrole nitrogens is 1. The molecule has 0 atom stereocenters. The first-order valence-electron chi connectivity index (χ1n) is 10.7. The summed E-state index contributed by atoms with van der Waals surface area (Å²) in [6, 6.07) is 11.2. The molecule has 31 heavy (non-hydrogen) atoms. The van der Waals surface area contributed by atoms with Gasteiger partial charge in [0.05, 0.1) is 23.0 Å². The number of nitrogens with zero attached hydrogens (tertiary/aromatic N) is 3. The third-order valence-electron chi connectivity index (χ3n) is 5.88. The van der Waals surface area contributed by atoms with E-state index in [0.717, 1.165) is 29.8 Å². The second-order valence-corrected chi connectivity index (χ2v) is 8.91. The Kier molecular flexibility index (Phi) is 5.19. The Balaban J connectivity index is 1.53. The molecule has 0 aliphatic heterocycles. The Morgan fingerprint density at radius 3 is 2.74 bits per heavy atom. The first kappa shape index (κ1) is 19.8. The lowest BCUT2D eigenvalue weighted by atomic mass is 9.95. The molecular weight excluding hydrogens is 408 g/mol. The fraction of sp³-hybridized carbons (Fsp3) is 0.292. The van der Waals surface area contributed by atoms with Crippen LogP contribution in [0, 0.1) is 0 Å². The van der Waals surface area contributed by atoms with Crippen molar-refractivity contribution in [3.05, 3.63) is 81.0 Å². The van der Waals surface area contributed by atoms with Crippen molar-refractivity contribution >= 4 is 28.1 Å². The van der Waals surface area contributed by atoms with Gasteiger partial charge in [-0.1, -0.05) is 12.1 Å². The van der Waals surface area contributed by atoms with E-state index in [-0.39, 0.29) is 18.0 Å². The number of carbonyl (C=O) groups is 1. The SMILES string of the molecule is CCN(Cc1nc2ccccc2c(=O)[nH]1)C(=O)c1c(-n2cccc2)sc2c1CCCC2. The number of fused-ring (bicyclic) bond motifs is 2. The lowest BCUT2D eigenvalue weighted by molar-refractivity contribution is 0.0747. The molecule has 1 N–H and O–H groups in total. The molecule has 4 aromatic rings. The molecule has 1 aromatic carbocycles. The van der Waals surface area contributed by atoms with Crippen LogP contribution in [0.15, 0.2) is 53.6 Å². The van der Waals surface area contributed by atoms with Crippen LogP contribution in [0.2, 0.25) is 0 Å². The first-order chi connectivity index (χ1) is 15.2. The lowest BCUT2D eigenvalue weighted by Gasteiger charge is -2.22. The maximum absolute atomic E-state index is 13.8. The van der Waals surface area contributed by atoms with Gasteiger partial charge < -0.3 is 14.5 Å². The van der Waals surface area contributed by atoms with E-state index in [1.54, 1.807) is 22.3 Å². The monoisotopic (exact) mass is 432 g/mol. The van der Waals surface area contributed by atoms with E-state index in [1.807, 2.05) is 54.2 Å². The normalized spacial score (nSPS) is 13.3. The Morgan fingerprint density at radius 1 is 1.16 bits per heavy atom. The number of benzene rings is 1. The smallest absolute Gasteiger partial charge is 0.258 e. The number of thiophene rings is 1. The van der Waals surface area contributed by atoms with E-state index >= 15 is 0 Å². The highest BCUT2D eigenvalue weighted by Gasteiger charge is 2.29. The summed E-state index contributed by atoms with van der Waals surface area (Å²) >= 11 is 1.73. The van der Waals surface area contributed by atoms with Gasteiger partial charge in [0.1, 0.15) is 10.8 Å². The van der Waals surface area contributed by atoms with Crippen LogP contribution in [0.1, 0.15) is 46.4 Å². The fourth-order valence-electron chi connectivity index (χ4n) is 4.30. The maximum Gasteiger partial charge on any atom is 0.258 e. The average Bonchev–Trinajstić information content (AvgIpc) is 3.45. The Morgan fingerprint density at radius 2 is 1.94 bits per heavy atom. The van der Waals surface area contributed by atoms with E-state index in [9.17, 15) is 9.59 Å². The van der Waals surface area contributed by atoms with Gasteiger partial charge in [-0.2, -0.15) is 0 Å². The number of nitrogens with one attached hydrogen (secondary N) is 1. The van der Waals surface area contributed by atoms with Crippen LogP contribution in [0.4, 0.5) is 0 Å². The van der Waals surface area contributed by atoms with Crippen molar-refractivity contribution in [3.63, 3.8) is 0 Å². The summed E-state index contributed by atoms with van der Waals surface area (Å²) in [5.74, 6) is 0.506. The minimum atomic E-state index is -0.176. The molecule has 0 saturated heterocycles. The van der Waals surface area contributed by atoms with Crippen molar-refractivity contribution in [2.24, 2.45) is 0 Å². The minimum Gasteiger partial charge on any atom is -0.331 e. The van der Waals surface area contributed by atoms with Gasteiger partial charge in [-0.3, -0.25) is 9.59 Å². The van der Waals surface area contributed by atoms with Gasteiger partial charge in [0.15, 0.2) is 0 Å². The first-order valence-corrected chi connectivity index (χ1v) is 11.5. The number of hydrogen-bond donors (Lipinski definition) is 1. The minimum absolute atomic E-state index is 0.00130. The molecule has 0 bridgehead atoms. The quantitative estimate of drug-likeness (QED) is 0.511. The molecule has 6 nitrogen and oxygen atoms in total. The Labute approximate surface area is 184 Å². The fourth-order valence-corrected chi connectivity index (χ4v) is 5.65. The van der Waals surface area contributed by atoms with Gasteiger partial charge >= 0.3 is 0 Å². The van der Waals surface area contributed by atoms with Crippen molar-refractivity contribution in [1.82, 2.24) is 19.4 Å². The number of aryl methyl sites for hydroxylation is 1. The molecule has 0 unspecified atom stereocenters. The number of hydrogen-bond acceptors (Lipinski definition) is 4. The van der Waals surface area contributed by atoms with Crippen molar-refractivity contribution in [2.75, 3.05) is 6.54 Å². The predicted molar refractivity (Wildman–Crippen MR) is 123 cm³/mol. The predicted octanol–water partition coefficient (Wildman–Crippen LogP) is 4.32. The molecular formula is C24H24N4O2S. The van der Waals surface area contributed by atoms with E-state index in [2.05, 4.69) is 9.97 Å². The summed E-state index contributed by atoms with van der Waals surface area (Å²) in [4.78, 5) is 36.8. The van der Waals surface area contributed by atoms with Gasteiger partial charge in [-0.05, 0) is 62.4 Å². The summed E-state index contributed by atoms with van der Waals surface area (Å²) in [7, 11) is 0. The summed E-state index contributed by atoms with van der Waals surface area (Å²) < 4.78 is 2.04. The Bertz CT molecular complexity index is 1300. The molecule has 0 fully saturated rings. The molecule has 158 valence electrons. The summed E-state index contributed by atoms with van der Waals surface area (Å²) in [5.41, 5.74) is 2.47. The van der Waals surface area contributed by atoms with Crippen LogP contribution in [0.3, 0.4) is 0 Å². The van der Waals surface area contributed by atoms with Crippen LogP contribution in [-0.2, 0) is 19.4 Å². The van der Waals surface area contributed by atoms with Crippen LogP contribution in [0.5, 0.6) is 0 Å². The third kappa shape index (κ3) is 3.59. The van der Waals surface area contributed by atoms with Crippen molar-refractivity contribution in [1.29, 1.82) is 0 Å². The summed E-state index contributed by atoms with van der Waals surface area (Å²) in [6.45, 7) is 2.77. The molecule has 1 aliphatic carbocycles. The number of aromatic amines is 1. The molecule has 7 heteroatoms. The zero-order valence-corrected chi connectivity index (χ0v) is 18.2. The van der Waals surface area contributed by atoms with Gasteiger partial charge in [0.2, 0.25) is 0 Å². The summed E-state index contributed by atoms with van der Waals surface area (Å²) in [6.07, 6.45) is 8.25. The molecule has 0 radical (unpaired) electrons. The van der Waals surface area contributed by atoms with Gasteiger partial charge in [0.25, 0.3) is 11.5 Å². The topological polar surface area (TPSA) is 71.0 Å². The van der Waals surface area contributed by atoms with E-state index in [1.165, 1.54) is 16.9 Å². The standard InChI is InChI=1S/C24H24N4O2S/c1-2-27(15-20-25-18-11-5-3-9-16(18)22(29)26-20)23(30)21-17-10-4-6-12-19(17)31-24(21)28-13-7-8-14-28/h3,5,7-9,11,13-14H,2,4,6,10,12,15H2,1H3,(H,25,26,29). The van der Waals surface area contributed by atoms with Crippen LogP contribution in [0.25, 0.3) is 15.9 Å². The highest BCUT2D eigenvalue weighted by atomic mass is 32.1. The summed E-state index contributed by atoms with van der Waals surface area (Å²) in [5, 5.41) is 1.54. The largest absolute Gasteiger partial charge is 0.331 e. The van der Waals surface area contributed by atoms with Gasteiger partial charge in [-0.15, -0.1) is 11.3 Å². The lowest BCUT2D eigenvalue weighted by Crippen LogP contribution is -2.33. The Hall–Kier alpha value is -3.19. The van der Waals surface area contributed by atoms with Crippen molar-refractivity contribution in [2.45, 2.75) is 39.2 Å². The zero-order chi connectivity index (χ0) is 21.4. The molecule has 1 aliphatic rings. The van der Waals surface area contributed by atoms with Crippen LogP contribution >= 0.6 is 11.3 Å². The second-order valence-electron chi connectivity index (χ2n) is 7.83. The number of amides is 1. The molecule has 3 aromatic heterocycles. The highest BCUT2D eigenvalue weighted by Crippen LogP contribution is 2.37. The van der Waals surface area contributed by atoms with Crippen LogP contribution < -0.4 is 5.56 Å². The van der Waals surface area contributed by atoms with Crippen molar-refractivity contribution < 1.29 is 4.79 Å². The van der Waals surface area contributed by atoms with E-state index in [0.29, 0.717) is 23.3 Å². The average molecular weight is 433 g/mol. The highest BCUT2D eigenvalue weighted by molar-refractivity contribution is 7.15. The van der Waals surface area contributed by atoms with Crippen molar-refractivity contribution in [3.8, 4) is 5.00 Å². The number of carbonyl (C=O) groups excluding carboxylic acids is 1. The van der Waals surface area contributed by atoms with Gasteiger partial charge in [0, 0.05) is 23.8 Å². The molecule has 3 heterocycles. The third-order valence-corrected chi connectivity index (χ3v) is 7.18. The number of para-hydroxylation sites is 1. The van der Waals surface area contributed by atoms with E-state index < -0.39 is 0 Å². The zero-order valence-electron chi connectivity index (χ0n) is 17.4. The molecule has 0 saturated carbocycles. The van der Waals surface area contributed by atoms with Crippen LogP contribution in [-0.4, -0.2) is 31.9 Å².